The molecule has 0 aliphatic carbocycles. The molecule has 0 aliphatic heterocycles. The van der Waals surface area contributed by atoms with Crippen LogP contribution < -0.4 is 0 Å². The van der Waals surface area contributed by atoms with Crippen LogP contribution in [-0.4, -0.2) is 4.71 Å². The van der Waals surface area contributed by atoms with Gasteiger partial charge in [-0.05, 0) is 36.6 Å². The predicted octanol–water partition coefficient (Wildman–Crippen LogP) is 4.51. The number of rotatable bonds is 4. The maximum absolute atomic E-state index is 12.9. The zero-order valence-corrected chi connectivity index (χ0v) is 11.1. The van der Waals surface area contributed by atoms with Gasteiger partial charge in [0.2, 0.25) is 0 Å². The summed E-state index contributed by atoms with van der Waals surface area (Å²) >= 11 is 5.34. The number of benzene rings is 1. The van der Waals surface area contributed by atoms with Crippen LogP contribution in [0.2, 0.25) is 0 Å². The van der Waals surface area contributed by atoms with Crippen molar-refractivity contribution in [2.24, 2.45) is 0 Å². The van der Waals surface area contributed by atoms with Gasteiger partial charge in [0.1, 0.15) is 0 Å². The van der Waals surface area contributed by atoms with Gasteiger partial charge in [-0.2, -0.15) is 14.0 Å². The van der Waals surface area contributed by atoms with E-state index in [0.717, 1.165) is 5.56 Å². The second-order valence-corrected chi connectivity index (χ2v) is 6.49. The van der Waals surface area contributed by atoms with Crippen molar-refractivity contribution in [2.45, 2.75) is 29.7 Å². The Bertz CT molecular complexity index is 435. The lowest BCUT2D eigenvalue weighted by atomic mass is 9.95. The molecule has 0 heterocycles. The Morgan fingerprint density at radius 3 is 2.47 bits per heavy atom. The summed E-state index contributed by atoms with van der Waals surface area (Å²) in [5.41, 5.74) is 1.47. The molecule has 0 N–H and O–H groups in total. The van der Waals surface area contributed by atoms with Gasteiger partial charge < -0.3 is 0 Å². The molecule has 0 spiro atoms. The van der Waals surface area contributed by atoms with Gasteiger partial charge in [0.05, 0.1) is 12.5 Å². The van der Waals surface area contributed by atoms with Gasteiger partial charge in [-0.1, -0.05) is 36.0 Å². The van der Waals surface area contributed by atoms with Crippen molar-refractivity contribution in [3.63, 3.8) is 0 Å². The number of hydrogen-bond donors (Lipinski definition) is 0. The fourth-order valence-corrected chi connectivity index (χ4v) is 3.16. The summed E-state index contributed by atoms with van der Waals surface area (Å²) in [4.78, 5) is 0. The average molecular weight is 276 g/mol. The van der Waals surface area contributed by atoms with Crippen LogP contribution in [-0.2, 0) is 11.2 Å². The summed E-state index contributed by atoms with van der Waals surface area (Å²) in [6, 6.07) is 9.11. The van der Waals surface area contributed by atoms with E-state index in [1.807, 2.05) is 6.07 Å². The van der Waals surface area contributed by atoms with Crippen LogP contribution in [0.15, 0.2) is 24.3 Å². The number of halogens is 3. The Labute approximate surface area is 109 Å². The maximum atomic E-state index is 12.9. The minimum absolute atomic E-state index is 0.202. The van der Waals surface area contributed by atoms with Crippen molar-refractivity contribution in [2.75, 3.05) is 0 Å². The Hall–Kier alpha value is -0.790. The highest BCUT2D eigenvalue weighted by atomic mass is 35.5. The van der Waals surface area contributed by atoms with Gasteiger partial charge in [0.15, 0.2) is 0 Å². The molecule has 0 aromatic heterocycles. The molecule has 0 amide bonds. The van der Waals surface area contributed by atoms with Gasteiger partial charge in [-0.3, -0.25) is 0 Å². The number of alkyl halides is 3. The molecule has 0 unspecified atom stereocenters. The summed E-state index contributed by atoms with van der Waals surface area (Å²) < 4.78 is 21.6. The molecular formula is C12H12ClF2NS. The summed E-state index contributed by atoms with van der Waals surface area (Å²) in [6.07, 6.45) is 0.202. The fourth-order valence-electron chi connectivity index (χ4n) is 1.69. The van der Waals surface area contributed by atoms with E-state index in [-0.39, 0.29) is 6.42 Å². The van der Waals surface area contributed by atoms with E-state index in [4.69, 9.17) is 16.9 Å². The lowest BCUT2D eigenvalue weighted by Gasteiger charge is -2.28. The van der Waals surface area contributed by atoms with Crippen molar-refractivity contribution >= 4 is 23.4 Å². The quantitative estimate of drug-likeness (QED) is 0.755. The second kappa shape index (κ2) is 5.24. The first-order valence-corrected chi connectivity index (χ1v) is 6.18. The van der Waals surface area contributed by atoms with E-state index < -0.39 is 9.46 Å². The molecular weight excluding hydrogens is 264 g/mol. The summed E-state index contributed by atoms with van der Waals surface area (Å²) in [7, 11) is 0. The third-order valence-corrected chi connectivity index (χ3v) is 3.50. The van der Waals surface area contributed by atoms with Crippen LogP contribution in [0.4, 0.5) is 8.78 Å². The zero-order chi connectivity index (χ0) is 13.1. The number of nitriles is 1. The second-order valence-electron chi connectivity index (χ2n) is 4.05. The normalized spacial score (nSPS) is 12.2. The smallest absolute Gasteiger partial charge is 0.198 e. The SMILES string of the molecule is CC(C)(SC(F)(F)Cl)c1ccccc1CC#N. The van der Waals surface area contributed by atoms with Crippen LogP contribution >= 0.6 is 23.4 Å². The molecule has 1 rings (SSSR count). The van der Waals surface area contributed by atoms with Crippen LogP contribution in [0.25, 0.3) is 0 Å². The van der Waals surface area contributed by atoms with E-state index in [0.29, 0.717) is 17.3 Å². The van der Waals surface area contributed by atoms with Crippen molar-refractivity contribution in [3.05, 3.63) is 35.4 Å². The molecule has 17 heavy (non-hydrogen) atoms. The van der Waals surface area contributed by atoms with Gasteiger partial charge in [0, 0.05) is 4.75 Å². The zero-order valence-electron chi connectivity index (χ0n) is 9.51. The number of thioether (sulfide) groups is 1. The van der Waals surface area contributed by atoms with E-state index >= 15 is 0 Å². The molecule has 1 aromatic rings. The Kier molecular flexibility index (Phi) is 4.40. The highest BCUT2D eigenvalue weighted by Crippen LogP contribution is 2.48. The Morgan fingerprint density at radius 2 is 1.94 bits per heavy atom. The molecule has 0 radical (unpaired) electrons. The molecule has 5 heteroatoms. The van der Waals surface area contributed by atoms with Crippen LogP contribution in [0.1, 0.15) is 25.0 Å². The maximum Gasteiger partial charge on any atom is 0.372 e. The molecule has 0 aliphatic rings. The molecule has 92 valence electrons. The van der Waals surface area contributed by atoms with E-state index in [1.54, 1.807) is 38.1 Å². The van der Waals surface area contributed by atoms with Gasteiger partial charge in [-0.15, -0.1) is 0 Å². The van der Waals surface area contributed by atoms with Crippen molar-refractivity contribution in [1.29, 1.82) is 5.26 Å². The van der Waals surface area contributed by atoms with E-state index in [9.17, 15) is 8.78 Å². The fraction of sp³-hybridized carbons (Fsp3) is 0.417. The lowest BCUT2D eigenvalue weighted by Crippen LogP contribution is -2.20. The molecule has 1 aromatic carbocycles. The molecule has 0 bridgehead atoms. The molecule has 1 nitrogen and oxygen atoms in total. The van der Waals surface area contributed by atoms with Gasteiger partial charge in [0.25, 0.3) is 0 Å². The van der Waals surface area contributed by atoms with Gasteiger partial charge in [-0.25, -0.2) is 0 Å². The summed E-state index contributed by atoms with van der Waals surface area (Å²) in [5, 5.41) is 8.71. The number of nitrogens with zero attached hydrogens (tertiary/aromatic N) is 1. The molecule has 0 saturated heterocycles. The third kappa shape index (κ3) is 4.18. The molecule has 0 saturated carbocycles. The highest BCUT2D eigenvalue weighted by Gasteiger charge is 2.37. The first kappa shape index (κ1) is 14.3. The lowest BCUT2D eigenvalue weighted by molar-refractivity contribution is 0.201. The van der Waals surface area contributed by atoms with Gasteiger partial charge >= 0.3 is 4.71 Å². The standard InChI is InChI=1S/C12H12ClF2NS/c1-11(2,17-12(13,14)15)10-6-4-3-5-9(10)7-8-16/h3-6H,7H2,1-2H3. The van der Waals surface area contributed by atoms with Crippen molar-refractivity contribution in [1.82, 2.24) is 0 Å². The Morgan fingerprint density at radius 1 is 1.35 bits per heavy atom. The van der Waals surface area contributed by atoms with Crippen molar-refractivity contribution in [3.8, 4) is 6.07 Å². The van der Waals surface area contributed by atoms with Crippen LogP contribution in [0.3, 0.4) is 0 Å². The predicted molar refractivity (Wildman–Crippen MR) is 67.2 cm³/mol. The number of hydrogen-bond acceptors (Lipinski definition) is 2. The minimum Gasteiger partial charge on any atom is -0.198 e. The third-order valence-electron chi connectivity index (χ3n) is 2.31. The monoisotopic (exact) mass is 275 g/mol. The first-order valence-electron chi connectivity index (χ1n) is 4.98. The van der Waals surface area contributed by atoms with E-state index in [2.05, 4.69) is 0 Å². The van der Waals surface area contributed by atoms with E-state index in [1.165, 1.54) is 0 Å². The molecule has 0 fully saturated rings. The summed E-state index contributed by atoms with van der Waals surface area (Å²) in [6.45, 7) is 3.34. The van der Waals surface area contributed by atoms with Crippen LogP contribution in [0.5, 0.6) is 0 Å². The van der Waals surface area contributed by atoms with Crippen molar-refractivity contribution < 1.29 is 8.78 Å². The largest absolute Gasteiger partial charge is 0.372 e. The highest BCUT2D eigenvalue weighted by molar-refractivity contribution is 8.02. The topological polar surface area (TPSA) is 23.8 Å². The first-order chi connectivity index (χ1) is 7.76. The minimum atomic E-state index is -3.32. The Balaban J connectivity index is 3.10. The van der Waals surface area contributed by atoms with Crippen LogP contribution in [0, 0.1) is 11.3 Å². The molecule has 0 atom stereocenters. The summed E-state index contributed by atoms with van der Waals surface area (Å²) in [5.74, 6) is 0. The average Bonchev–Trinajstić information content (AvgIpc) is 2.15.